The van der Waals surface area contributed by atoms with E-state index in [2.05, 4.69) is 5.32 Å². The second-order valence-corrected chi connectivity index (χ2v) is 11.3. The number of carboxylic acids is 1. The Labute approximate surface area is 262 Å². The minimum atomic E-state index is -3.71. The van der Waals surface area contributed by atoms with E-state index in [1.807, 2.05) is 6.07 Å². The maximum absolute atomic E-state index is 13.1. The molecule has 0 aliphatic carbocycles. The largest absolute Gasteiger partial charge is 1.00 e. The van der Waals surface area contributed by atoms with E-state index in [0.717, 1.165) is 24.0 Å². The Hall–Kier alpha value is -2.69. The van der Waals surface area contributed by atoms with Crippen molar-refractivity contribution in [3.63, 3.8) is 0 Å². The van der Waals surface area contributed by atoms with Gasteiger partial charge < -0.3 is 21.7 Å². The first kappa shape index (κ1) is 31.8. The minimum Gasteiger partial charge on any atom is -1.00 e. The van der Waals surface area contributed by atoms with Crippen molar-refractivity contribution < 1.29 is 59.1 Å². The molecule has 0 aliphatic rings. The van der Waals surface area contributed by atoms with E-state index in [9.17, 15) is 18.3 Å². The number of nitrogens with one attached hydrogen (secondary N) is 1. The second-order valence-electron chi connectivity index (χ2n) is 8.93. The van der Waals surface area contributed by atoms with Crippen molar-refractivity contribution in [3.8, 4) is 11.5 Å². The molecule has 0 amide bonds. The van der Waals surface area contributed by atoms with Crippen LogP contribution in [0.1, 0.15) is 35.4 Å². The molecule has 0 aliphatic heterocycles. The fourth-order valence-electron chi connectivity index (χ4n) is 3.97. The van der Waals surface area contributed by atoms with Crippen molar-refractivity contribution in [1.29, 1.82) is 0 Å². The fraction of sp³-hybridized carbons (Fsp3) is 0.167. The number of ether oxygens (including phenoxy) is 1. The quantitative estimate of drug-likeness (QED) is 0.172. The Morgan fingerprint density at radius 1 is 0.900 bits per heavy atom. The summed E-state index contributed by atoms with van der Waals surface area (Å²) in [4.78, 5) is 11.5. The van der Waals surface area contributed by atoms with Crippen LogP contribution < -0.4 is 39.6 Å². The molecule has 1 atom stereocenters. The first-order chi connectivity index (χ1) is 18.7. The van der Waals surface area contributed by atoms with Gasteiger partial charge in [0.2, 0.25) is 9.84 Å². The summed E-state index contributed by atoms with van der Waals surface area (Å²) >= 11 is 5.97. The standard InChI is InChI=1S/C30H28ClNO6S.Na.H/c31-24-7-1-5-22(18-24)29(33)20-32-17-3-4-21-9-13-27(14-10-21)39(36,37)28-15-11-25(12-16-28)38-26-8-2-6-23(19-26)30(34)35;;/h1-2,5-16,18-19,29,32-33H,3-4,17,20H2,(H,34,35);;/q;+1;-1/t29-;;/m1../s1. The molecule has 4 rings (SSSR count). The van der Waals surface area contributed by atoms with E-state index in [0.29, 0.717) is 29.6 Å². The molecule has 0 heterocycles. The fourth-order valence-corrected chi connectivity index (χ4v) is 5.43. The van der Waals surface area contributed by atoms with Crippen LogP contribution in [-0.4, -0.2) is 37.7 Å². The average Bonchev–Trinajstić information content (AvgIpc) is 2.93. The zero-order valence-corrected chi connectivity index (χ0v) is 25.5. The Morgan fingerprint density at radius 3 is 2.20 bits per heavy atom. The predicted molar refractivity (Wildman–Crippen MR) is 151 cm³/mol. The molecule has 0 radical (unpaired) electrons. The summed E-state index contributed by atoms with van der Waals surface area (Å²) in [5.41, 5.74) is 1.87. The normalized spacial score (nSPS) is 11.8. The van der Waals surface area contributed by atoms with Crippen LogP contribution in [0.5, 0.6) is 11.5 Å². The molecule has 3 N–H and O–H groups in total. The number of aliphatic hydroxyl groups excluding tert-OH is 1. The van der Waals surface area contributed by atoms with E-state index in [-0.39, 0.29) is 46.3 Å². The predicted octanol–water partition coefficient (Wildman–Crippen LogP) is 3.04. The summed E-state index contributed by atoms with van der Waals surface area (Å²) in [6.07, 6.45) is 0.943. The molecule has 0 unspecified atom stereocenters. The Bertz CT molecular complexity index is 1540. The van der Waals surface area contributed by atoms with Crippen LogP contribution in [0.2, 0.25) is 5.02 Å². The Morgan fingerprint density at radius 2 is 1.55 bits per heavy atom. The number of carboxylic acid groups (broad SMARTS) is 1. The molecule has 4 aromatic carbocycles. The van der Waals surface area contributed by atoms with Gasteiger partial charge in [-0.1, -0.05) is 41.9 Å². The summed E-state index contributed by atoms with van der Waals surface area (Å²) in [7, 11) is -3.71. The van der Waals surface area contributed by atoms with Crippen LogP contribution in [0.4, 0.5) is 0 Å². The number of benzene rings is 4. The van der Waals surface area contributed by atoms with E-state index in [4.69, 9.17) is 21.4 Å². The van der Waals surface area contributed by atoms with Gasteiger partial charge in [0.05, 0.1) is 21.5 Å². The van der Waals surface area contributed by atoms with Gasteiger partial charge in [-0.3, -0.25) is 0 Å². The summed E-state index contributed by atoms with van der Waals surface area (Å²) < 4.78 is 31.8. The van der Waals surface area contributed by atoms with Gasteiger partial charge in [0.1, 0.15) is 11.5 Å². The summed E-state index contributed by atoms with van der Waals surface area (Å²) in [6.45, 7) is 1.11. The number of carbonyl (C=O) groups is 1. The van der Waals surface area contributed by atoms with Crippen molar-refractivity contribution in [2.75, 3.05) is 13.1 Å². The number of sulfone groups is 1. The molecule has 204 valence electrons. The van der Waals surface area contributed by atoms with E-state index >= 15 is 0 Å². The molecule has 0 fully saturated rings. The summed E-state index contributed by atoms with van der Waals surface area (Å²) in [5, 5.41) is 23.2. The Kier molecular flexibility index (Phi) is 11.8. The van der Waals surface area contributed by atoms with Crippen molar-refractivity contribution >= 4 is 27.4 Å². The Balaban J connectivity index is 0.00000294. The molecule has 4 aromatic rings. The van der Waals surface area contributed by atoms with Gasteiger partial charge in [0.25, 0.3) is 0 Å². The number of aromatic carboxylic acids is 1. The topological polar surface area (TPSA) is 113 Å². The summed E-state index contributed by atoms with van der Waals surface area (Å²) in [5.74, 6) is -0.330. The van der Waals surface area contributed by atoms with Gasteiger partial charge in [-0.05, 0) is 97.2 Å². The van der Waals surface area contributed by atoms with Crippen molar-refractivity contribution in [2.24, 2.45) is 0 Å². The number of rotatable bonds is 12. The van der Waals surface area contributed by atoms with Gasteiger partial charge in [-0.15, -0.1) is 0 Å². The zero-order valence-electron chi connectivity index (χ0n) is 23.0. The molecule has 10 heteroatoms. The average molecular weight is 590 g/mol. The van der Waals surface area contributed by atoms with E-state index < -0.39 is 21.9 Å². The molecule has 0 saturated carbocycles. The first-order valence-corrected chi connectivity index (χ1v) is 14.2. The number of hydrogen-bond acceptors (Lipinski definition) is 6. The number of aliphatic hydroxyl groups is 1. The zero-order chi connectivity index (χ0) is 27.8. The van der Waals surface area contributed by atoms with Gasteiger partial charge in [-0.2, -0.15) is 0 Å². The third-order valence-corrected chi connectivity index (χ3v) is 8.10. The summed E-state index contributed by atoms with van der Waals surface area (Å²) in [6, 6.07) is 26.0. The van der Waals surface area contributed by atoms with E-state index in [1.165, 1.54) is 36.4 Å². The van der Waals surface area contributed by atoms with Crippen LogP contribution in [0.25, 0.3) is 0 Å². The van der Waals surface area contributed by atoms with Gasteiger partial charge in [-0.25, -0.2) is 13.2 Å². The van der Waals surface area contributed by atoms with Gasteiger partial charge in [0.15, 0.2) is 0 Å². The van der Waals surface area contributed by atoms with Gasteiger partial charge >= 0.3 is 35.5 Å². The third-order valence-electron chi connectivity index (χ3n) is 6.07. The van der Waals surface area contributed by atoms with Crippen LogP contribution in [-0.2, 0) is 16.3 Å². The maximum atomic E-state index is 13.1. The van der Waals surface area contributed by atoms with Crippen LogP contribution >= 0.6 is 11.6 Å². The number of halogens is 1. The molecular formula is C30H29ClNNaO6S. The molecule has 7 nitrogen and oxygen atoms in total. The van der Waals surface area contributed by atoms with Crippen LogP contribution in [0.3, 0.4) is 0 Å². The van der Waals surface area contributed by atoms with Crippen molar-refractivity contribution in [1.82, 2.24) is 5.32 Å². The van der Waals surface area contributed by atoms with Crippen molar-refractivity contribution in [2.45, 2.75) is 28.7 Å². The third kappa shape index (κ3) is 8.65. The van der Waals surface area contributed by atoms with E-state index in [1.54, 1.807) is 54.6 Å². The molecule has 40 heavy (non-hydrogen) atoms. The second kappa shape index (κ2) is 14.8. The maximum Gasteiger partial charge on any atom is 1.00 e. The molecule has 0 bridgehead atoms. The van der Waals surface area contributed by atoms with Gasteiger partial charge in [0, 0.05) is 11.6 Å². The number of aryl methyl sites for hydroxylation is 1. The van der Waals surface area contributed by atoms with Crippen molar-refractivity contribution in [3.05, 3.63) is 119 Å². The molecule has 0 aromatic heterocycles. The molecule has 0 saturated heterocycles. The number of hydrogen-bond donors (Lipinski definition) is 3. The molecular weight excluding hydrogens is 561 g/mol. The monoisotopic (exact) mass is 589 g/mol. The molecule has 0 spiro atoms. The van der Waals surface area contributed by atoms with Crippen LogP contribution in [0.15, 0.2) is 107 Å². The first-order valence-electron chi connectivity index (χ1n) is 12.3. The minimum absolute atomic E-state index is 0. The smallest absolute Gasteiger partial charge is 1.00 e. The SMILES string of the molecule is O=C(O)c1cccc(Oc2ccc(S(=O)(=O)c3ccc(CCCNC[C@@H](O)c4cccc(Cl)c4)cc3)cc2)c1.[H-].[Na+]. The van der Waals surface area contributed by atoms with Crippen LogP contribution in [0, 0.1) is 0 Å².